The van der Waals surface area contributed by atoms with E-state index in [1.807, 2.05) is 23.8 Å². The lowest BCUT2D eigenvalue weighted by Gasteiger charge is -2.74. The molecule has 6 heterocycles. The number of aromatic nitrogens is 2. The Bertz CT molecular complexity index is 2910. The molecular formula is C65H91N3O13S2. The van der Waals surface area contributed by atoms with E-state index in [-0.39, 0.29) is 86.9 Å². The van der Waals surface area contributed by atoms with Crippen LogP contribution in [-0.2, 0) is 27.3 Å². The Morgan fingerprint density at radius 1 is 0.940 bits per heavy atom. The largest absolute Gasteiger partial charge is 0.508 e. The molecule has 15 rings (SSSR count). The summed E-state index contributed by atoms with van der Waals surface area (Å²) in [5, 5.41) is 127. The fraction of sp³-hybridized carbons (Fsp3) is 0.769. The molecule has 83 heavy (non-hydrogen) atoms. The first-order valence-corrected chi connectivity index (χ1v) is 34.0. The molecule has 6 saturated carbocycles. The Kier molecular flexibility index (Phi) is 14.7. The number of epoxide rings is 1. The number of phenolic OH excluding ortho intramolecular Hbond substituents is 1. The maximum Gasteiger partial charge on any atom is 0.234 e. The minimum Gasteiger partial charge on any atom is -0.508 e. The number of ketones is 1. The van der Waals surface area contributed by atoms with Crippen LogP contribution in [0, 0.1) is 85.8 Å². The van der Waals surface area contributed by atoms with Gasteiger partial charge in [0, 0.05) is 78.4 Å². The summed E-state index contributed by atoms with van der Waals surface area (Å²) in [6.45, 7) is 8.01. The number of phenols is 1. The number of benzene rings is 1. The van der Waals surface area contributed by atoms with E-state index >= 15 is 9.59 Å². The highest BCUT2D eigenvalue weighted by Crippen LogP contribution is 2.82. The maximum absolute atomic E-state index is 16.6. The van der Waals surface area contributed by atoms with Gasteiger partial charge in [0.2, 0.25) is 5.91 Å². The molecule has 1 amide bonds. The number of aromatic hydroxyl groups is 1. The highest BCUT2D eigenvalue weighted by molar-refractivity contribution is 8.76. The van der Waals surface area contributed by atoms with Gasteiger partial charge >= 0.3 is 0 Å². The number of aliphatic hydroxyl groups excluding tert-OH is 6. The molecule has 22 unspecified atom stereocenters. The summed E-state index contributed by atoms with van der Waals surface area (Å²) in [5.74, 6) is -3.02. The Morgan fingerprint density at radius 2 is 1.75 bits per heavy atom. The van der Waals surface area contributed by atoms with E-state index in [1.165, 1.54) is 10.8 Å². The number of anilines is 1. The van der Waals surface area contributed by atoms with E-state index in [1.54, 1.807) is 35.6 Å². The summed E-state index contributed by atoms with van der Waals surface area (Å²) < 4.78 is 8.60. The zero-order chi connectivity index (χ0) is 58.7. The normalized spacial score (nSPS) is 48.5. The van der Waals surface area contributed by atoms with Crippen LogP contribution in [0.15, 0.2) is 60.7 Å². The molecule has 8 fully saturated rings. The Balaban J connectivity index is 1.03. The van der Waals surface area contributed by atoms with Crippen molar-refractivity contribution < 1.29 is 65.4 Å². The minimum absolute atomic E-state index is 0.0387. The first-order valence-electron chi connectivity index (χ1n) is 31.6. The number of ether oxygens (including phenoxy) is 1. The van der Waals surface area contributed by atoms with Gasteiger partial charge in [0.1, 0.15) is 28.5 Å². The molecule has 5 aliphatic heterocycles. The van der Waals surface area contributed by atoms with Crippen molar-refractivity contribution in [3.63, 3.8) is 0 Å². The second-order valence-electron chi connectivity index (χ2n) is 29.1. The predicted octanol–water partition coefficient (Wildman–Crippen LogP) is 6.50. The number of nitrogens with zero attached hydrogens (tertiary/aromatic N) is 3. The average Bonchev–Trinajstić information content (AvgIpc) is 1.86. The molecule has 16 nitrogen and oxygen atoms in total. The molecule has 22 atom stereocenters. The molecule has 18 heteroatoms. The molecule has 13 aliphatic rings. The van der Waals surface area contributed by atoms with Gasteiger partial charge in [-0.3, -0.25) is 9.59 Å². The summed E-state index contributed by atoms with van der Waals surface area (Å²) in [4.78, 5) is 39.1. The lowest BCUT2D eigenvalue weighted by atomic mass is 9.31. The first-order chi connectivity index (χ1) is 39.6. The molecule has 2 saturated heterocycles. The van der Waals surface area contributed by atoms with E-state index < -0.39 is 115 Å². The predicted molar refractivity (Wildman–Crippen MR) is 314 cm³/mol. The number of fused-ring (bicyclic) bond motifs is 1. The molecule has 8 bridgehead atoms. The van der Waals surface area contributed by atoms with Gasteiger partial charge in [0.15, 0.2) is 5.78 Å². The van der Waals surface area contributed by atoms with Crippen LogP contribution in [0.3, 0.4) is 0 Å². The van der Waals surface area contributed by atoms with Gasteiger partial charge in [0.05, 0.1) is 47.7 Å². The second-order valence-corrected chi connectivity index (χ2v) is 31.6. The van der Waals surface area contributed by atoms with Gasteiger partial charge in [0.25, 0.3) is 0 Å². The van der Waals surface area contributed by atoms with Crippen molar-refractivity contribution in [2.75, 3.05) is 37.0 Å². The third kappa shape index (κ3) is 7.65. The highest BCUT2D eigenvalue weighted by atomic mass is 33.1. The van der Waals surface area contributed by atoms with E-state index in [0.717, 1.165) is 10.8 Å². The van der Waals surface area contributed by atoms with Crippen LogP contribution in [-0.4, -0.2) is 151 Å². The van der Waals surface area contributed by atoms with Crippen molar-refractivity contribution >= 4 is 39.0 Å². The SMILES string of the molecule is CC(C)C(C)C1OC1C1(O)CC=CC2CC3C4=CC(=O)C5(CC(O)C(O)(CO)C6(CCC(Cn7ccnc7)C6)C35C)C(O)SSCC3CCCC(CO)C35C(=O)N(CC53CCC(CCCO)C3O)c3cc(O)cc(c3)CCC23C1CCC43O. The Hall–Kier alpha value is -2.85. The second kappa shape index (κ2) is 20.6. The maximum atomic E-state index is 16.6. The van der Waals surface area contributed by atoms with Crippen molar-refractivity contribution in [1.82, 2.24) is 9.55 Å². The van der Waals surface area contributed by atoms with Crippen molar-refractivity contribution in [3.8, 4) is 5.75 Å². The fourth-order valence-electron chi connectivity index (χ4n) is 22.4. The van der Waals surface area contributed by atoms with E-state index in [4.69, 9.17) is 4.74 Å². The number of aryl methyl sites for hydroxylation is 1. The van der Waals surface area contributed by atoms with Crippen LogP contribution in [0.1, 0.15) is 136 Å². The summed E-state index contributed by atoms with van der Waals surface area (Å²) in [6, 6.07) is 5.28. The lowest BCUT2D eigenvalue weighted by Crippen LogP contribution is -2.79. The smallest absolute Gasteiger partial charge is 0.234 e. The third-order valence-corrected chi connectivity index (χ3v) is 29.1. The van der Waals surface area contributed by atoms with Gasteiger partial charge < -0.3 is 65.3 Å². The van der Waals surface area contributed by atoms with Crippen molar-refractivity contribution in [2.45, 2.75) is 190 Å². The van der Waals surface area contributed by atoms with E-state index in [9.17, 15) is 51.1 Å². The van der Waals surface area contributed by atoms with Crippen molar-refractivity contribution in [3.05, 3.63) is 66.3 Å². The Morgan fingerprint density at radius 3 is 2.48 bits per heavy atom. The van der Waals surface area contributed by atoms with Gasteiger partial charge in [-0.2, -0.15) is 0 Å². The van der Waals surface area contributed by atoms with E-state index in [0.29, 0.717) is 113 Å². The number of rotatable bonds is 10. The number of carbonyl (C=O) groups is 2. The minimum atomic E-state index is -2.15. The zero-order valence-electron chi connectivity index (χ0n) is 48.9. The number of hydrogen-bond donors (Lipinski definition) is 10. The van der Waals surface area contributed by atoms with Crippen LogP contribution in [0.4, 0.5) is 5.69 Å². The highest BCUT2D eigenvalue weighted by Gasteiger charge is 2.84. The first kappa shape index (κ1) is 59.1. The van der Waals surface area contributed by atoms with Crippen LogP contribution in [0.25, 0.3) is 0 Å². The molecule has 5 spiro atoms. The van der Waals surface area contributed by atoms with Crippen molar-refractivity contribution in [2.24, 2.45) is 85.8 Å². The van der Waals surface area contributed by atoms with Crippen LogP contribution < -0.4 is 4.90 Å². The topological polar surface area (TPSA) is 270 Å². The van der Waals surface area contributed by atoms with Gasteiger partial charge in [-0.15, -0.1) is 0 Å². The third-order valence-electron chi connectivity index (χ3n) is 26.5. The quantitative estimate of drug-likeness (QED) is 0.0691. The lowest BCUT2D eigenvalue weighted by molar-refractivity contribution is -0.310. The number of aliphatic hydroxyl groups is 9. The fourth-order valence-corrected chi connectivity index (χ4v) is 25.4. The van der Waals surface area contributed by atoms with Gasteiger partial charge in [-0.25, -0.2) is 4.98 Å². The molecule has 1 aromatic heterocycles. The molecule has 8 aliphatic carbocycles. The number of hydrogen-bond acceptors (Lipinski definition) is 16. The molecule has 1 aromatic carbocycles. The summed E-state index contributed by atoms with van der Waals surface area (Å²) >= 11 is 0. The summed E-state index contributed by atoms with van der Waals surface area (Å²) in [7, 11) is 2.49. The standard InChI is InChI=1S/C65H91N3O13S2/c1-37(2)38(3)52-54(81-52)62(78)16-6-11-42-26-47-48-28-50(73)61(30-51(74)64(80,35-71)59(57(47,61)4)18-12-40(29-59)31-67-22-21-66-36-67)56(77)83-82-33-44-10-5-9-43(32-70)65(44)55(76)68(34-58(65)17-14-41(53(58)75)8-7-23-69)45-24-39(25-46(72)27-45)13-19-60(42)49(62)15-20-63(48,60)79/h6,11,21-22,24-25,27-28,36-38,40-44,47,49,51-54,56,69-72,74-75,77-80H,5,7-10,12-20,23,26,29-35H2,1-4H3. The van der Waals surface area contributed by atoms with Crippen LogP contribution in [0.5, 0.6) is 5.75 Å². The number of amides is 1. The zero-order valence-corrected chi connectivity index (χ0v) is 50.5. The molecule has 456 valence electrons. The average molecular weight is 1190 g/mol. The summed E-state index contributed by atoms with van der Waals surface area (Å²) in [6.07, 6.45) is 14.4. The molecule has 10 N–H and O–H groups in total. The summed E-state index contributed by atoms with van der Waals surface area (Å²) in [5.41, 5.74) is -13.3. The molecule has 2 aromatic rings. The van der Waals surface area contributed by atoms with E-state index in [2.05, 4.69) is 37.9 Å². The van der Waals surface area contributed by atoms with Crippen LogP contribution >= 0.6 is 21.6 Å². The van der Waals surface area contributed by atoms with Gasteiger partial charge in [-0.05, 0) is 185 Å². The monoisotopic (exact) mass is 1190 g/mol. The number of imidazole rings is 1. The van der Waals surface area contributed by atoms with Gasteiger partial charge in [-0.1, -0.05) is 67.9 Å². The molecule has 0 radical (unpaired) electrons. The number of carbonyl (C=O) groups excluding carboxylic acids is 2. The Labute approximate surface area is 496 Å². The molecular weight excluding hydrogens is 1090 g/mol. The number of allylic oxidation sites excluding steroid dienone is 2. The van der Waals surface area contributed by atoms with Crippen LogP contribution in [0.2, 0.25) is 0 Å². The van der Waals surface area contributed by atoms with Crippen molar-refractivity contribution in [1.29, 1.82) is 0 Å².